The molecule has 0 saturated heterocycles. The minimum atomic E-state index is -5.08. The fourth-order valence-corrected chi connectivity index (χ4v) is 3.05. The standard InChI is InChI=1S/C17H17NO3.C2HF3O2/c1-21-16-9-12(7-8-18-16)14-6-5-11-3-2-4-13(11)15(14)10-17(19)20;3-2(4,5)1(6)7/h5-9H,2-4,10H2,1H3,(H,19,20);(H,6,7). The average Bonchev–Trinajstić information content (AvgIpc) is 3.10. The van der Waals surface area contributed by atoms with E-state index in [4.69, 9.17) is 14.6 Å². The number of rotatable bonds is 4. The predicted octanol–water partition coefficient (Wildman–Crippen LogP) is 3.51. The van der Waals surface area contributed by atoms with Crippen molar-refractivity contribution in [1.82, 2.24) is 4.98 Å². The zero-order valence-electron chi connectivity index (χ0n) is 14.9. The van der Waals surface area contributed by atoms with E-state index in [2.05, 4.69) is 11.1 Å². The number of hydrogen-bond acceptors (Lipinski definition) is 4. The fraction of sp³-hybridized carbons (Fsp3) is 0.316. The van der Waals surface area contributed by atoms with Crippen molar-refractivity contribution in [2.24, 2.45) is 0 Å². The summed E-state index contributed by atoms with van der Waals surface area (Å²) in [5.41, 5.74) is 5.36. The minimum Gasteiger partial charge on any atom is -0.481 e. The van der Waals surface area contributed by atoms with Crippen LogP contribution in [0.2, 0.25) is 0 Å². The Morgan fingerprint density at radius 3 is 2.43 bits per heavy atom. The van der Waals surface area contributed by atoms with Gasteiger partial charge in [-0.1, -0.05) is 12.1 Å². The second kappa shape index (κ2) is 8.73. The molecular weight excluding hydrogens is 379 g/mol. The third-order valence-corrected chi connectivity index (χ3v) is 4.23. The van der Waals surface area contributed by atoms with E-state index >= 15 is 0 Å². The van der Waals surface area contributed by atoms with Crippen LogP contribution in [0.5, 0.6) is 5.88 Å². The van der Waals surface area contributed by atoms with E-state index in [1.807, 2.05) is 18.2 Å². The summed E-state index contributed by atoms with van der Waals surface area (Å²) < 4.78 is 36.9. The van der Waals surface area contributed by atoms with Crippen molar-refractivity contribution >= 4 is 11.9 Å². The Bertz CT molecular complexity index is 880. The van der Waals surface area contributed by atoms with Gasteiger partial charge in [0.15, 0.2) is 0 Å². The maximum absolute atomic E-state index is 11.2. The number of aromatic nitrogens is 1. The second-order valence-electron chi connectivity index (χ2n) is 6.04. The van der Waals surface area contributed by atoms with Gasteiger partial charge >= 0.3 is 18.1 Å². The lowest BCUT2D eigenvalue weighted by Gasteiger charge is -2.14. The SMILES string of the molecule is COc1cc(-c2ccc3c(c2CC(=O)O)CCC3)ccn1.O=C(O)C(F)(F)F. The van der Waals surface area contributed by atoms with Gasteiger partial charge in [0.05, 0.1) is 13.5 Å². The van der Waals surface area contributed by atoms with Crippen LogP contribution < -0.4 is 4.74 Å². The van der Waals surface area contributed by atoms with Crippen molar-refractivity contribution in [3.05, 3.63) is 47.2 Å². The summed E-state index contributed by atoms with van der Waals surface area (Å²) in [4.78, 5) is 24.2. The summed E-state index contributed by atoms with van der Waals surface area (Å²) in [6.45, 7) is 0. The lowest BCUT2D eigenvalue weighted by Crippen LogP contribution is -2.21. The summed E-state index contributed by atoms with van der Waals surface area (Å²) in [6, 6.07) is 7.89. The van der Waals surface area contributed by atoms with Crippen molar-refractivity contribution in [2.45, 2.75) is 31.9 Å². The molecule has 3 rings (SSSR count). The number of nitrogens with zero attached hydrogens (tertiary/aromatic N) is 1. The van der Waals surface area contributed by atoms with Gasteiger partial charge in [-0.3, -0.25) is 4.79 Å². The van der Waals surface area contributed by atoms with Crippen LogP contribution in [-0.2, 0) is 28.9 Å². The molecule has 6 nitrogen and oxygen atoms in total. The van der Waals surface area contributed by atoms with Gasteiger partial charge in [0.2, 0.25) is 5.88 Å². The molecule has 0 aliphatic heterocycles. The van der Waals surface area contributed by atoms with Gasteiger partial charge in [-0.2, -0.15) is 13.2 Å². The number of carbonyl (C=O) groups is 2. The van der Waals surface area contributed by atoms with E-state index in [1.54, 1.807) is 13.3 Å². The quantitative estimate of drug-likeness (QED) is 0.820. The number of methoxy groups -OCH3 is 1. The largest absolute Gasteiger partial charge is 0.490 e. The molecule has 0 saturated carbocycles. The number of alkyl halides is 3. The van der Waals surface area contributed by atoms with Crippen molar-refractivity contribution in [2.75, 3.05) is 7.11 Å². The van der Waals surface area contributed by atoms with Gasteiger partial charge in [-0.15, -0.1) is 0 Å². The molecule has 0 amide bonds. The molecule has 150 valence electrons. The number of fused-ring (bicyclic) bond motifs is 1. The third kappa shape index (κ3) is 5.21. The molecule has 2 aromatic rings. The molecular formula is C19H18F3NO5. The summed E-state index contributed by atoms with van der Waals surface area (Å²) >= 11 is 0. The van der Waals surface area contributed by atoms with E-state index in [-0.39, 0.29) is 6.42 Å². The normalized spacial score (nSPS) is 12.6. The zero-order chi connectivity index (χ0) is 20.9. The van der Waals surface area contributed by atoms with Gasteiger partial charge in [-0.25, -0.2) is 9.78 Å². The maximum atomic E-state index is 11.2. The lowest BCUT2D eigenvalue weighted by atomic mass is 9.91. The Labute approximate surface area is 158 Å². The van der Waals surface area contributed by atoms with E-state index in [0.29, 0.717) is 5.88 Å². The summed E-state index contributed by atoms with van der Waals surface area (Å²) in [6.07, 6.45) is -0.226. The minimum absolute atomic E-state index is 0.0587. The van der Waals surface area contributed by atoms with Gasteiger partial charge in [0.25, 0.3) is 0 Å². The monoisotopic (exact) mass is 397 g/mol. The van der Waals surface area contributed by atoms with Gasteiger partial charge in [0, 0.05) is 12.3 Å². The number of aryl methyl sites for hydroxylation is 1. The highest BCUT2D eigenvalue weighted by atomic mass is 19.4. The van der Waals surface area contributed by atoms with Crippen LogP contribution in [0.3, 0.4) is 0 Å². The number of aliphatic carboxylic acids is 2. The number of carboxylic acids is 2. The molecule has 0 bridgehead atoms. The van der Waals surface area contributed by atoms with Crippen LogP contribution in [0.15, 0.2) is 30.5 Å². The summed E-state index contributed by atoms with van der Waals surface area (Å²) in [7, 11) is 1.58. The third-order valence-electron chi connectivity index (χ3n) is 4.23. The highest BCUT2D eigenvalue weighted by Crippen LogP contribution is 2.34. The summed E-state index contributed by atoms with van der Waals surface area (Å²) in [5.74, 6) is -3.01. The van der Waals surface area contributed by atoms with Gasteiger partial charge in [-0.05, 0) is 53.1 Å². The molecule has 1 aliphatic carbocycles. The first-order valence-electron chi connectivity index (χ1n) is 8.29. The van der Waals surface area contributed by atoms with Crippen LogP contribution in [-0.4, -0.2) is 40.4 Å². The molecule has 0 unspecified atom stereocenters. The van der Waals surface area contributed by atoms with Crippen LogP contribution in [0.25, 0.3) is 11.1 Å². The van der Waals surface area contributed by atoms with Gasteiger partial charge < -0.3 is 14.9 Å². The smallest absolute Gasteiger partial charge is 0.481 e. The van der Waals surface area contributed by atoms with Crippen molar-refractivity contribution in [3.8, 4) is 17.0 Å². The maximum Gasteiger partial charge on any atom is 0.490 e. The lowest BCUT2D eigenvalue weighted by molar-refractivity contribution is -0.192. The zero-order valence-corrected chi connectivity index (χ0v) is 14.9. The second-order valence-corrected chi connectivity index (χ2v) is 6.04. The van der Waals surface area contributed by atoms with E-state index in [1.165, 1.54) is 11.1 Å². The number of hydrogen-bond donors (Lipinski definition) is 2. The van der Waals surface area contributed by atoms with Crippen LogP contribution in [0.4, 0.5) is 13.2 Å². The highest BCUT2D eigenvalue weighted by Gasteiger charge is 2.38. The van der Waals surface area contributed by atoms with E-state index < -0.39 is 18.1 Å². The predicted molar refractivity (Wildman–Crippen MR) is 93.3 cm³/mol. The Kier molecular flexibility index (Phi) is 6.61. The number of carboxylic acid groups (broad SMARTS) is 2. The van der Waals surface area contributed by atoms with E-state index in [9.17, 15) is 23.1 Å². The average molecular weight is 397 g/mol. The van der Waals surface area contributed by atoms with Gasteiger partial charge in [0.1, 0.15) is 0 Å². The molecule has 9 heteroatoms. The van der Waals surface area contributed by atoms with Crippen LogP contribution >= 0.6 is 0 Å². The Morgan fingerprint density at radius 1 is 1.18 bits per heavy atom. The molecule has 0 fully saturated rings. The van der Waals surface area contributed by atoms with Crippen LogP contribution in [0, 0.1) is 0 Å². The highest BCUT2D eigenvalue weighted by molar-refractivity contribution is 5.79. The number of pyridine rings is 1. The molecule has 0 radical (unpaired) electrons. The Morgan fingerprint density at radius 2 is 1.86 bits per heavy atom. The molecule has 2 N–H and O–H groups in total. The molecule has 1 heterocycles. The van der Waals surface area contributed by atoms with Crippen LogP contribution in [0.1, 0.15) is 23.1 Å². The topological polar surface area (TPSA) is 96.7 Å². The van der Waals surface area contributed by atoms with Crippen molar-refractivity contribution in [3.63, 3.8) is 0 Å². The molecule has 1 aromatic heterocycles. The summed E-state index contributed by atoms with van der Waals surface area (Å²) in [5, 5.41) is 16.4. The number of benzene rings is 1. The fourth-order valence-electron chi connectivity index (χ4n) is 3.05. The molecule has 0 spiro atoms. The van der Waals surface area contributed by atoms with Crippen molar-refractivity contribution < 1.29 is 37.7 Å². The van der Waals surface area contributed by atoms with E-state index in [0.717, 1.165) is 36.0 Å². The molecule has 0 atom stereocenters. The Hall–Kier alpha value is -3.10. The first kappa shape index (κ1) is 21.2. The number of halogens is 3. The first-order valence-corrected chi connectivity index (χ1v) is 8.29. The molecule has 28 heavy (non-hydrogen) atoms. The number of ether oxygens (including phenoxy) is 1. The molecule has 1 aromatic carbocycles. The first-order chi connectivity index (χ1) is 13.1. The Balaban J connectivity index is 0.000000345. The molecule has 1 aliphatic rings. The van der Waals surface area contributed by atoms with Crippen molar-refractivity contribution in [1.29, 1.82) is 0 Å².